The summed E-state index contributed by atoms with van der Waals surface area (Å²) in [6, 6.07) is 27.7. The van der Waals surface area contributed by atoms with Gasteiger partial charge in [-0.15, -0.1) is 11.3 Å². The number of rotatable bonds is 3. The molecule has 1 aromatic heterocycles. The molecule has 116 valence electrons. The Bertz CT molecular complexity index is 1000. The molecule has 0 unspecified atom stereocenters. The minimum Gasteiger partial charge on any atom is -0.506 e. The molecular formula is C21H15NOS. The van der Waals surface area contributed by atoms with Gasteiger partial charge in [-0.3, -0.25) is 0 Å². The van der Waals surface area contributed by atoms with E-state index in [0.29, 0.717) is 5.75 Å². The monoisotopic (exact) mass is 329 g/mol. The number of hydrogen-bond donors (Lipinski definition) is 1. The smallest absolute Gasteiger partial charge is 0.143 e. The number of aromatic hydroxyl groups is 1. The quantitative estimate of drug-likeness (QED) is 0.475. The second-order valence-electron chi connectivity index (χ2n) is 5.44. The van der Waals surface area contributed by atoms with Gasteiger partial charge in [0.25, 0.3) is 0 Å². The predicted molar refractivity (Wildman–Crippen MR) is 102 cm³/mol. The normalized spacial score (nSPS) is 11.8. The lowest BCUT2D eigenvalue weighted by Gasteiger charge is -2.06. The van der Waals surface area contributed by atoms with Crippen LogP contribution in [0.25, 0.3) is 10.1 Å². The molecule has 24 heavy (non-hydrogen) atoms. The van der Waals surface area contributed by atoms with Crippen molar-refractivity contribution in [3.8, 4) is 5.75 Å². The van der Waals surface area contributed by atoms with Crippen LogP contribution >= 0.6 is 11.3 Å². The third-order valence-corrected chi connectivity index (χ3v) is 5.00. The zero-order valence-electron chi connectivity index (χ0n) is 12.9. The van der Waals surface area contributed by atoms with Crippen molar-refractivity contribution in [2.45, 2.75) is 0 Å². The molecule has 0 saturated heterocycles. The van der Waals surface area contributed by atoms with E-state index >= 15 is 0 Å². The zero-order chi connectivity index (χ0) is 16.4. The molecule has 0 amide bonds. The summed E-state index contributed by atoms with van der Waals surface area (Å²) in [6.07, 6.45) is 0. The van der Waals surface area contributed by atoms with Crippen molar-refractivity contribution in [1.82, 2.24) is 0 Å². The Balaban J connectivity index is 1.95. The molecular weight excluding hydrogens is 314 g/mol. The van der Waals surface area contributed by atoms with E-state index in [0.717, 1.165) is 31.9 Å². The van der Waals surface area contributed by atoms with Crippen molar-refractivity contribution in [2.75, 3.05) is 0 Å². The summed E-state index contributed by atoms with van der Waals surface area (Å²) >= 11 is 1.57. The van der Waals surface area contributed by atoms with Crippen LogP contribution in [0.5, 0.6) is 5.75 Å². The van der Waals surface area contributed by atoms with Crippen LogP contribution < -0.4 is 0 Å². The molecule has 4 rings (SSSR count). The van der Waals surface area contributed by atoms with Crippen molar-refractivity contribution >= 4 is 32.8 Å². The van der Waals surface area contributed by atoms with Gasteiger partial charge in [0.2, 0.25) is 0 Å². The van der Waals surface area contributed by atoms with Crippen molar-refractivity contribution in [3.05, 3.63) is 95.4 Å². The van der Waals surface area contributed by atoms with E-state index in [-0.39, 0.29) is 0 Å². The molecule has 0 aliphatic heterocycles. The first-order chi connectivity index (χ1) is 11.8. The first-order valence-corrected chi connectivity index (χ1v) is 8.54. The summed E-state index contributed by atoms with van der Waals surface area (Å²) in [5, 5.41) is 11.6. The van der Waals surface area contributed by atoms with E-state index in [2.05, 4.69) is 0 Å². The molecule has 0 radical (unpaired) electrons. The number of para-hydroxylation sites is 1. The lowest BCUT2D eigenvalue weighted by atomic mass is 10.1. The summed E-state index contributed by atoms with van der Waals surface area (Å²) in [4.78, 5) is 5.62. The Hall–Kier alpha value is -2.91. The fourth-order valence-corrected chi connectivity index (χ4v) is 3.77. The van der Waals surface area contributed by atoms with Crippen LogP contribution in [0.15, 0.2) is 89.9 Å². The van der Waals surface area contributed by atoms with Crippen LogP contribution in [-0.2, 0) is 0 Å². The van der Waals surface area contributed by atoms with Gasteiger partial charge in [0.05, 0.1) is 16.3 Å². The molecule has 0 spiro atoms. The minimum atomic E-state index is 0.300. The van der Waals surface area contributed by atoms with Crippen molar-refractivity contribution in [2.24, 2.45) is 4.99 Å². The van der Waals surface area contributed by atoms with Gasteiger partial charge in [-0.05, 0) is 24.3 Å². The summed E-state index contributed by atoms with van der Waals surface area (Å²) in [5.41, 5.74) is 2.65. The molecule has 3 aromatic carbocycles. The highest BCUT2D eigenvalue weighted by molar-refractivity contribution is 7.21. The summed E-state index contributed by atoms with van der Waals surface area (Å²) in [5.74, 6) is 0.300. The van der Waals surface area contributed by atoms with Gasteiger partial charge in [-0.2, -0.15) is 0 Å². The van der Waals surface area contributed by atoms with Crippen LogP contribution in [0.1, 0.15) is 10.4 Å². The molecule has 0 aliphatic carbocycles. The Labute approximate surface area is 144 Å². The average Bonchev–Trinajstić information content (AvgIpc) is 2.98. The van der Waals surface area contributed by atoms with Gasteiger partial charge < -0.3 is 5.11 Å². The zero-order valence-corrected chi connectivity index (χ0v) is 13.7. The number of thiophene rings is 1. The van der Waals surface area contributed by atoms with Crippen LogP contribution in [0.4, 0.5) is 5.69 Å². The number of hydrogen-bond acceptors (Lipinski definition) is 3. The van der Waals surface area contributed by atoms with E-state index in [1.54, 1.807) is 11.3 Å². The fraction of sp³-hybridized carbons (Fsp3) is 0. The third-order valence-electron chi connectivity index (χ3n) is 3.83. The maximum atomic E-state index is 10.7. The second kappa shape index (κ2) is 6.30. The highest BCUT2D eigenvalue weighted by Crippen LogP contribution is 2.38. The van der Waals surface area contributed by atoms with Gasteiger partial charge in [0.1, 0.15) is 5.75 Å². The molecule has 0 bridgehead atoms. The average molecular weight is 329 g/mol. The highest BCUT2D eigenvalue weighted by Gasteiger charge is 2.17. The number of benzene rings is 3. The van der Waals surface area contributed by atoms with E-state index in [9.17, 15) is 5.11 Å². The van der Waals surface area contributed by atoms with Crippen molar-refractivity contribution in [1.29, 1.82) is 0 Å². The Kier molecular flexibility index (Phi) is 3.85. The molecule has 4 aromatic rings. The number of aliphatic imine (C=N–C) groups is 1. The standard InChI is InChI=1S/C21H15NOS/c23-20-17-13-7-8-14-18(17)24-21(20)19(15-9-3-1-4-10-15)22-16-11-5-2-6-12-16/h1-14,23H. The van der Waals surface area contributed by atoms with Crippen LogP contribution in [0.2, 0.25) is 0 Å². The first kappa shape index (κ1) is 14.7. The fourth-order valence-electron chi connectivity index (χ4n) is 2.67. The van der Waals surface area contributed by atoms with Gasteiger partial charge in [-0.1, -0.05) is 60.7 Å². The van der Waals surface area contributed by atoms with Gasteiger partial charge in [-0.25, -0.2) is 4.99 Å². The summed E-state index contributed by atoms with van der Waals surface area (Å²) in [7, 11) is 0. The predicted octanol–water partition coefficient (Wildman–Crippen LogP) is 5.78. The van der Waals surface area contributed by atoms with Crippen molar-refractivity contribution < 1.29 is 5.11 Å². The highest BCUT2D eigenvalue weighted by atomic mass is 32.1. The van der Waals surface area contributed by atoms with E-state index in [1.165, 1.54) is 0 Å². The molecule has 1 heterocycles. The summed E-state index contributed by atoms with van der Waals surface area (Å²) < 4.78 is 1.06. The molecule has 0 aliphatic rings. The molecule has 0 fully saturated rings. The number of fused-ring (bicyclic) bond motifs is 1. The molecule has 3 heteroatoms. The largest absolute Gasteiger partial charge is 0.506 e. The maximum absolute atomic E-state index is 10.7. The maximum Gasteiger partial charge on any atom is 0.143 e. The van der Waals surface area contributed by atoms with Gasteiger partial charge in [0, 0.05) is 15.6 Å². The Morgan fingerprint density at radius 1 is 0.750 bits per heavy atom. The minimum absolute atomic E-state index is 0.300. The van der Waals surface area contributed by atoms with Crippen LogP contribution in [-0.4, -0.2) is 10.8 Å². The number of nitrogens with zero attached hydrogens (tertiary/aromatic N) is 1. The Morgan fingerprint density at radius 2 is 1.38 bits per heavy atom. The molecule has 1 N–H and O–H groups in total. The van der Waals surface area contributed by atoms with Crippen LogP contribution in [0, 0.1) is 0 Å². The first-order valence-electron chi connectivity index (χ1n) is 7.73. The van der Waals surface area contributed by atoms with E-state index in [4.69, 9.17) is 4.99 Å². The molecule has 2 nitrogen and oxygen atoms in total. The topological polar surface area (TPSA) is 32.6 Å². The molecule has 0 saturated carbocycles. The lowest BCUT2D eigenvalue weighted by Crippen LogP contribution is -2.00. The lowest BCUT2D eigenvalue weighted by molar-refractivity contribution is 0.483. The van der Waals surface area contributed by atoms with Gasteiger partial charge >= 0.3 is 0 Å². The summed E-state index contributed by atoms with van der Waals surface area (Å²) in [6.45, 7) is 0. The second-order valence-corrected chi connectivity index (χ2v) is 6.49. The SMILES string of the molecule is Oc1c(C(=Nc2ccccc2)c2ccccc2)sc2ccccc12. The van der Waals surface area contributed by atoms with E-state index < -0.39 is 0 Å². The Morgan fingerprint density at radius 3 is 2.08 bits per heavy atom. The van der Waals surface area contributed by atoms with E-state index in [1.807, 2.05) is 84.9 Å². The van der Waals surface area contributed by atoms with Crippen molar-refractivity contribution in [3.63, 3.8) is 0 Å². The van der Waals surface area contributed by atoms with Gasteiger partial charge in [0.15, 0.2) is 0 Å². The van der Waals surface area contributed by atoms with Crippen LogP contribution in [0.3, 0.4) is 0 Å². The molecule has 0 atom stereocenters. The third kappa shape index (κ3) is 2.70.